The molecule has 11 nitrogen and oxygen atoms in total. The zero-order chi connectivity index (χ0) is 42.5. The number of carbonyl (C=O) groups excluding carboxylic acids is 2. The van der Waals surface area contributed by atoms with Gasteiger partial charge in [-0.05, 0) is 106 Å². The molecule has 13 heteroatoms. The molecule has 1 aromatic heterocycles. The number of methoxy groups -OCH3 is 1. The van der Waals surface area contributed by atoms with Gasteiger partial charge in [0.15, 0.2) is 17.6 Å². The van der Waals surface area contributed by atoms with Crippen LogP contribution in [0.2, 0.25) is 10.0 Å². The molecule has 1 unspecified atom stereocenters. The first-order valence-corrected chi connectivity index (χ1v) is 20.4. The van der Waals surface area contributed by atoms with Crippen molar-refractivity contribution in [1.82, 2.24) is 15.2 Å². The summed E-state index contributed by atoms with van der Waals surface area (Å²) in [4.78, 5) is 33.8. The maximum Gasteiger partial charge on any atom is 0.328 e. The fourth-order valence-corrected chi connectivity index (χ4v) is 7.86. The number of rotatable bonds is 12. The van der Waals surface area contributed by atoms with Gasteiger partial charge in [-0.2, -0.15) is 5.26 Å². The number of ether oxygens (including phenoxy) is 4. The minimum absolute atomic E-state index is 0.228. The molecule has 308 valence electrons. The second-order valence-corrected chi connectivity index (χ2v) is 15.8. The van der Waals surface area contributed by atoms with Gasteiger partial charge in [-0.25, -0.2) is 9.78 Å². The van der Waals surface area contributed by atoms with Crippen LogP contribution < -0.4 is 25.3 Å². The Morgan fingerprint density at radius 3 is 2.28 bits per heavy atom. The summed E-state index contributed by atoms with van der Waals surface area (Å²) >= 11 is 12.2. The average molecular weight is 855 g/mol. The molecule has 0 fully saturated rings. The van der Waals surface area contributed by atoms with Crippen molar-refractivity contribution in [3.63, 3.8) is 0 Å². The molecule has 0 aliphatic carbocycles. The molecule has 3 heterocycles. The Morgan fingerprint density at radius 2 is 1.59 bits per heavy atom. The molecule has 0 radical (unpaired) electrons. The minimum Gasteiger partial charge on any atom is -0.489 e. The minimum atomic E-state index is -0.930. The number of fused-ring (bicyclic) bond motifs is 2. The van der Waals surface area contributed by atoms with E-state index in [1.54, 1.807) is 36.5 Å². The lowest BCUT2D eigenvalue weighted by atomic mass is 9.91. The van der Waals surface area contributed by atoms with Crippen LogP contribution in [0, 0.1) is 11.3 Å². The number of nitrogens with zero attached hydrogens (tertiary/aromatic N) is 3. The van der Waals surface area contributed by atoms with E-state index in [4.69, 9.17) is 53.1 Å². The Kier molecular flexibility index (Phi) is 12.4. The number of hydrogen-bond donors (Lipinski definition) is 2. The Balaban J connectivity index is 0.973. The van der Waals surface area contributed by atoms with E-state index in [1.165, 1.54) is 7.11 Å². The number of amides is 1. The third-order valence-corrected chi connectivity index (χ3v) is 11.6. The average Bonchev–Trinajstić information content (AvgIpc) is 3.29. The topological polar surface area (TPSA) is 149 Å². The predicted molar refractivity (Wildman–Crippen MR) is 232 cm³/mol. The van der Waals surface area contributed by atoms with Gasteiger partial charge >= 0.3 is 5.97 Å². The summed E-state index contributed by atoms with van der Waals surface area (Å²) < 4.78 is 23.9. The molecule has 0 saturated heterocycles. The molecule has 2 aliphatic rings. The molecule has 3 N–H and O–H groups in total. The summed E-state index contributed by atoms with van der Waals surface area (Å²) in [5, 5.41) is 13.1. The highest BCUT2D eigenvalue weighted by molar-refractivity contribution is 6.42. The lowest BCUT2D eigenvalue weighted by Crippen LogP contribution is -2.54. The number of benzene rings is 5. The van der Waals surface area contributed by atoms with Gasteiger partial charge in [0.05, 0.1) is 34.8 Å². The largest absolute Gasteiger partial charge is 0.489 e. The smallest absolute Gasteiger partial charge is 0.328 e. The first-order chi connectivity index (χ1) is 29.6. The fourth-order valence-electron chi connectivity index (χ4n) is 7.54. The van der Waals surface area contributed by atoms with Crippen molar-refractivity contribution in [2.24, 2.45) is 0 Å². The van der Waals surface area contributed by atoms with Gasteiger partial charge in [0.2, 0.25) is 5.91 Å². The van der Waals surface area contributed by atoms with E-state index in [0.29, 0.717) is 71.4 Å². The van der Waals surface area contributed by atoms with E-state index in [-0.39, 0.29) is 18.4 Å². The number of nitrogen functional groups attached to an aromatic ring is 1. The van der Waals surface area contributed by atoms with Crippen molar-refractivity contribution in [1.29, 1.82) is 5.26 Å². The van der Waals surface area contributed by atoms with Gasteiger partial charge in [-0.1, -0.05) is 83.9 Å². The Bertz CT molecular complexity index is 2580. The van der Waals surface area contributed by atoms with Gasteiger partial charge in [-0.3, -0.25) is 9.69 Å². The number of hydrogen-bond acceptors (Lipinski definition) is 10. The fraction of sp³-hybridized carbons (Fsp3) is 0.208. The highest BCUT2D eigenvalue weighted by atomic mass is 35.5. The van der Waals surface area contributed by atoms with Crippen LogP contribution in [0.15, 0.2) is 121 Å². The number of nitrogens with one attached hydrogen (secondary N) is 1. The molecule has 2 aliphatic heterocycles. The molecule has 5 aromatic carbocycles. The molecule has 61 heavy (non-hydrogen) atoms. The lowest BCUT2D eigenvalue weighted by molar-refractivity contribution is -0.145. The molecule has 3 atom stereocenters. The van der Waals surface area contributed by atoms with Crippen molar-refractivity contribution in [2.45, 2.75) is 50.7 Å². The van der Waals surface area contributed by atoms with Crippen LogP contribution in [0.3, 0.4) is 0 Å². The van der Waals surface area contributed by atoms with Crippen LogP contribution in [0.25, 0.3) is 11.1 Å². The van der Waals surface area contributed by atoms with Crippen LogP contribution in [0.5, 0.6) is 17.2 Å². The van der Waals surface area contributed by atoms with Crippen molar-refractivity contribution in [2.75, 3.05) is 19.5 Å². The summed E-state index contributed by atoms with van der Waals surface area (Å²) in [5.74, 6) is 1.46. The van der Waals surface area contributed by atoms with E-state index >= 15 is 0 Å². The molecule has 8 rings (SSSR count). The first kappa shape index (κ1) is 41.2. The van der Waals surface area contributed by atoms with E-state index in [9.17, 15) is 9.59 Å². The van der Waals surface area contributed by atoms with Crippen molar-refractivity contribution in [3.8, 4) is 34.4 Å². The standard InChI is InChI=1S/C48H41Cl2N5O6/c1-58-48(57)41(19-29-2-8-33(9-3-29)34-10-4-30(23-51)5-11-34)54-47(56)42-20-36-21-43-44(22-37(36)26-55(42)25-32-7-17-46(52)53-24-32)61-45(28-60-43)35-12-14-38(15-13-35)59-27-31-6-16-39(49)40(50)18-31/h2-18,21-22,24,41-42,45H,19-20,25-28H2,1H3,(H2,52,53)(H,54,56)/t41-,42?,45+/m0/s1. The van der Waals surface area contributed by atoms with Gasteiger partial charge < -0.3 is 30.0 Å². The van der Waals surface area contributed by atoms with E-state index < -0.39 is 18.1 Å². The zero-order valence-corrected chi connectivity index (χ0v) is 34.7. The summed E-state index contributed by atoms with van der Waals surface area (Å²) in [6, 6.07) is 36.4. The molecule has 1 amide bonds. The number of esters is 1. The predicted octanol–water partition coefficient (Wildman–Crippen LogP) is 8.43. The number of nitrogens with two attached hydrogens (primary N) is 1. The van der Waals surface area contributed by atoms with Crippen LogP contribution in [0.1, 0.15) is 45.0 Å². The summed E-state index contributed by atoms with van der Waals surface area (Å²) in [7, 11) is 1.31. The van der Waals surface area contributed by atoms with Crippen molar-refractivity contribution >= 4 is 40.9 Å². The SMILES string of the molecule is COC(=O)[C@H](Cc1ccc(-c2ccc(C#N)cc2)cc1)NC(=O)C1Cc2cc3c(cc2CN1Cc1ccc(N)nc1)O[C@@H](c1ccc(OCc2ccc(Cl)c(Cl)c2)cc1)CO3. The van der Waals surface area contributed by atoms with Crippen molar-refractivity contribution in [3.05, 3.63) is 170 Å². The van der Waals surface area contributed by atoms with Gasteiger partial charge in [0.25, 0.3) is 0 Å². The van der Waals surface area contributed by atoms with Crippen LogP contribution >= 0.6 is 23.2 Å². The van der Waals surface area contributed by atoms with Crippen molar-refractivity contribution < 1.29 is 28.5 Å². The van der Waals surface area contributed by atoms with E-state index in [0.717, 1.165) is 44.5 Å². The molecule has 0 spiro atoms. The van der Waals surface area contributed by atoms with Crippen LogP contribution in [-0.4, -0.2) is 47.6 Å². The third-order valence-electron chi connectivity index (χ3n) is 10.9. The summed E-state index contributed by atoms with van der Waals surface area (Å²) in [5.41, 5.74) is 13.9. The second kappa shape index (κ2) is 18.4. The molecule has 0 bridgehead atoms. The van der Waals surface area contributed by atoms with Crippen LogP contribution in [-0.2, 0) is 46.9 Å². The highest BCUT2D eigenvalue weighted by Crippen LogP contribution is 2.41. The number of nitriles is 1. The Hall–Kier alpha value is -6.58. The first-order valence-electron chi connectivity index (χ1n) is 19.7. The third kappa shape index (κ3) is 9.74. The van der Waals surface area contributed by atoms with Gasteiger partial charge in [-0.15, -0.1) is 0 Å². The number of anilines is 1. The maximum absolute atomic E-state index is 14.3. The molecule has 6 aromatic rings. The van der Waals surface area contributed by atoms with E-state index in [2.05, 4.69) is 21.3 Å². The number of aromatic nitrogens is 1. The highest BCUT2D eigenvalue weighted by Gasteiger charge is 2.36. The summed E-state index contributed by atoms with van der Waals surface area (Å²) in [6.07, 6.45) is 1.94. The second-order valence-electron chi connectivity index (χ2n) is 15.0. The zero-order valence-electron chi connectivity index (χ0n) is 33.1. The normalized spacial score (nSPS) is 16.1. The number of carbonyl (C=O) groups is 2. The molecule has 0 saturated carbocycles. The van der Waals surface area contributed by atoms with Gasteiger partial charge in [0, 0.05) is 25.7 Å². The summed E-state index contributed by atoms with van der Waals surface area (Å²) in [6.45, 7) is 1.46. The number of halogens is 2. The lowest BCUT2D eigenvalue weighted by Gasteiger charge is -2.37. The number of pyridine rings is 1. The Labute approximate surface area is 363 Å². The van der Waals surface area contributed by atoms with Gasteiger partial charge in [0.1, 0.15) is 30.8 Å². The van der Waals surface area contributed by atoms with Crippen LogP contribution in [0.4, 0.5) is 5.82 Å². The maximum atomic E-state index is 14.3. The monoisotopic (exact) mass is 853 g/mol. The van der Waals surface area contributed by atoms with E-state index in [1.807, 2.05) is 84.9 Å². The quantitative estimate of drug-likeness (QED) is 0.115. The Morgan fingerprint density at radius 1 is 0.885 bits per heavy atom. The molecular weight excluding hydrogens is 813 g/mol. The molecular formula is C48H41Cl2N5O6.